The molecule has 222 valence electrons. The van der Waals surface area contributed by atoms with E-state index in [-0.39, 0.29) is 11.9 Å². The fourth-order valence-corrected chi connectivity index (χ4v) is 7.05. The molecule has 7 heteroatoms. The summed E-state index contributed by atoms with van der Waals surface area (Å²) in [6.07, 6.45) is 5.09. The summed E-state index contributed by atoms with van der Waals surface area (Å²) in [6, 6.07) is 24.0. The maximum absolute atomic E-state index is 14.0. The van der Waals surface area contributed by atoms with Crippen LogP contribution >= 0.6 is 11.6 Å². The minimum absolute atomic E-state index is 0.198. The Labute approximate surface area is 256 Å². The lowest BCUT2D eigenvalue weighted by Crippen LogP contribution is -2.56. The van der Waals surface area contributed by atoms with E-state index in [9.17, 15) is 4.79 Å². The van der Waals surface area contributed by atoms with Gasteiger partial charge in [-0.25, -0.2) is 0 Å². The number of carbonyl (C=O) groups excluding carboxylic acids is 1. The molecule has 2 heterocycles. The van der Waals surface area contributed by atoms with Crippen LogP contribution in [0.2, 0.25) is 5.02 Å². The van der Waals surface area contributed by atoms with E-state index >= 15 is 0 Å². The van der Waals surface area contributed by atoms with Crippen molar-refractivity contribution in [3.63, 3.8) is 0 Å². The van der Waals surface area contributed by atoms with Gasteiger partial charge in [-0.3, -0.25) is 4.79 Å². The molecule has 1 saturated heterocycles. The van der Waals surface area contributed by atoms with Crippen molar-refractivity contribution in [2.24, 2.45) is 0 Å². The average molecular weight is 586 g/mol. The summed E-state index contributed by atoms with van der Waals surface area (Å²) >= 11 is 6.16. The predicted molar refractivity (Wildman–Crippen MR) is 172 cm³/mol. The first-order valence-electron chi connectivity index (χ1n) is 15.5. The molecule has 1 aliphatic carbocycles. The molecule has 0 saturated carbocycles. The predicted octanol–water partition coefficient (Wildman–Crippen LogP) is 4.32. The Hall–Kier alpha value is -2.90. The average Bonchev–Trinajstić information content (AvgIpc) is 3.03. The van der Waals surface area contributed by atoms with Crippen LogP contribution in [0.3, 0.4) is 0 Å². The van der Waals surface area contributed by atoms with E-state index in [1.54, 1.807) is 0 Å². The Bertz CT molecular complexity index is 1370. The van der Waals surface area contributed by atoms with E-state index in [1.165, 1.54) is 34.4 Å². The van der Waals surface area contributed by atoms with Gasteiger partial charge in [-0.15, -0.1) is 0 Å². The van der Waals surface area contributed by atoms with E-state index in [0.717, 1.165) is 69.1 Å². The van der Waals surface area contributed by atoms with E-state index in [1.807, 2.05) is 24.3 Å². The van der Waals surface area contributed by atoms with Gasteiger partial charge in [0.2, 0.25) is 5.91 Å². The molecule has 0 bridgehead atoms. The van der Waals surface area contributed by atoms with Crippen LogP contribution in [-0.2, 0) is 37.0 Å². The lowest BCUT2D eigenvalue weighted by Gasteiger charge is -2.40. The number of fused-ring (bicyclic) bond motifs is 2. The molecule has 2 aliphatic heterocycles. The SMILES string of the molecule is CN(C)C1CCc2cccc(N3CCN(C(=O)C(Cc4ccc(Cl)cc4)NCC4Cc5ccccc5CN4)CC3)c2C1. The number of carbonyl (C=O) groups is 1. The Morgan fingerprint density at radius 2 is 1.69 bits per heavy atom. The number of halogens is 1. The number of nitrogens with one attached hydrogen (secondary N) is 2. The van der Waals surface area contributed by atoms with Gasteiger partial charge in [-0.05, 0) is 92.2 Å². The van der Waals surface area contributed by atoms with Crippen LogP contribution in [-0.4, -0.2) is 80.7 Å². The van der Waals surface area contributed by atoms with Crippen LogP contribution in [0.15, 0.2) is 66.7 Å². The van der Waals surface area contributed by atoms with Gasteiger partial charge in [0.15, 0.2) is 0 Å². The first kappa shape index (κ1) is 29.2. The van der Waals surface area contributed by atoms with Gasteiger partial charge in [0, 0.05) is 62.1 Å². The normalized spacial score (nSPS) is 21.1. The number of piperazine rings is 1. The third kappa shape index (κ3) is 6.68. The second-order valence-electron chi connectivity index (χ2n) is 12.4. The Balaban J connectivity index is 1.12. The highest BCUT2D eigenvalue weighted by molar-refractivity contribution is 6.30. The van der Waals surface area contributed by atoms with Gasteiger partial charge in [-0.2, -0.15) is 0 Å². The molecule has 6 nitrogen and oxygen atoms in total. The molecule has 42 heavy (non-hydrogen) atoms. The van der Waals surface area contributed by atoms with Gasteiger partial charge in [0.25, 0.3) is 0 Å². The number of nitrogens with zero attached hydrogens (tertiary/aromatic N) is 3. The third-order valence-electron chi connectivity index (χ3n) is 9.53. The first-order chi connectivity index (χ1) is 20.4. The van der Waals surface area contributed by atoms with E-state index in [4.69, 9.17) is 11.6 Å². The van der Waals surface area contributed by atoms with Crippen molar-refractivity contribution >= 4 is 23.2 Å². The van der Waals surface area contributed by atoms with Crippen molar-refractivity contribution in [3.8, 4) is 0 Å². The lowest BCUT2D eigenvalue weighted by molar-refractivity contribution is -0.133. The maximum atomic E-state index is 14.0. The molecular formula is C35H44ClN5O. The standard InChI is InChI=1S/C35H44ClN5O/c1-39(2)31-15-12-26-8-5-9-34(32(26)22-31)40-16-18-41(19-17-40)35(42)33(20-25-10-13-29(36)14-11-25)38-24-30-21-27-6-3-4-7-28(27)23-37-30/h3-11,13-14,30-31,33,37-38H,12,15-24H2,1-2H3. The topological polar surface area (TPSA) is 50.9 Å². The maximum Gasteiger partial charge on any atom is 0.240 e. The molecule has 3 aromatic carbocycles. The third-order valence-corrected chi connectivity index (χ3v) is 9.78. The number of likely N-dealkylation sites (N-methyl/N-ethyl adjacent to an activating group) is 1. The highest BCUT2D eigenvalue weighted by atomic mass is 35.5. The minimum atomic E-state index is -0.276. The summed E-state index contributed by atoms with van der Waals surface area (Å²) in [7, 11) is 4.39. The molecule has 3 atom stereocenters. The number of aryl methyl sites for hydroxylation is 1. The van der Waals surface area contributed by atoms with Crippen LogP contribution in [0.4, 0.5) is 5.69 Å². The summed E-state index contributed by atoms with van der Waals surface area (Å²) in [5.41, 5.74) is 8.27. The molecule has 1 fully saturated rings. The van der Waals surface area contributed by atoms with Gasteiger partial charge in [0.05, 0.1) is 6.04 Å². The lowest BCUT2D eigenvalue weighted by atomic mass is 9.86. The largest absolute Gasteiger partial charge is 0.368 e. The summed E-state index contributed by atoms with van der Waals surface area (Å²) in [4.78, 5) is 21.0. The second-order valence-corrected chi connectivity index (χ2v) is 12.9. The zero-order valence-electron chi connectivity index (χ0n) is 25.0. The van der Waals surface area contributed by atoms with Crippen molar-refractivity contribution in [1.29, 1.82) is 0 Å². The van der Waals surface area contributed by atoms with E-state index in [2.05, 4.69) is 81.9 Å². The van der Waals surface area contributed by atoms with Crippen molar-refractivity contribution in [2.75, 3.05) is 51.7 Å². The fourth-order valence-electron chi connectivity index (χ4n) is 6.93. The van der Waals surface area contributed by atoms with Crippen molar-refractivity contribution in [3.05, 3.63) is 99.6 Å². The second kappa shape index (κ2) is 13.2. The summed E-state index contributed by atoms with van der Waals surface area (Å²) in [5.74, 6) is 0.198. The smallest absolute Gasteiger partial charge is 0.240 e. The monoisotopic (exact) mass is 585 g/mol. The Kier molecular flexibility index (Phi) is 9.15. The fraction of sp³-hybridized carbons (Fsp3) is 0.457. The zero-order chi connectivity index (χ0) is 29.1. The molecule has 0 radical (unpaired) electrons. The molecule has 0 aromatic heterocycles. The molecule has 1 amide bonds. The van der Waals surface area contributed by atoms with Gasteiger partial charge < -0.3 is 25.3 Å². The van der Waals surface area contributed by atoms with E-state index in [0.29, 0.717) is 18.5 Å². The number of benzene rings is 3. The molecule has 0 spiro atoms. The van der Waals surface area contributed by atoms with Crippen LogP contribution in [0.1, 0.15) is 34.2 Å². The quantitative estimate of drug-likeness (QED) is 0.412. The minimum Gasteiger partial charge on any atom is -0.368 e. The molecule has 6 rings (SSSR count). The molecule has 2 N–H and O–H groups in total. The number of amides is 1. The number of hydrogen-bond donors (Lipinski definition) is 2. The van der Waals surface area contributed by atoms with Crippen molar-refractivity contribution in [1.82, 2.24) is 20.4 Å². The summed E-state index contributed by atoms with van der Waals surface area (Å²) < 4.78 is 0. The molecule has 3 aliphatic rings. The highest BCUT2D eigenvalue weighted by Gasteiger charge is 2.31. The molecule has 3 unspecified atom stereocenters. The van der Waals surface area contributed by atoms with Crippen molar-refractivity contribution < 1.29 is 4.79 Å². The van der Waals surface area contributed by atoms with Crippen LogP contribution < -0.4 is 15.5 Å². The van der Waals surface area contributed by atoms with Crippen LogP contribution in [0.25, 0.3) is 0 Å². The first-order valence-corrected chi connectivity index (χ1v) is 15.9. The Morgan fingerprint density at radius 3 is 2.45 bits per heavy atom. The van der Waals surface area contributed by atoms with Crippen LogP contribution in [0.5, 0.6) is 0 Å². The highest BCUT2D eigenvalue weighted by Crippen LogP contribution is 2.32. The molecule has 3 aromatic rings. The summed E-state index contributed by atoms with van der Waals surface area (Å²) in [6.45, 7) is 4.84. The van der Waals surface area contributed by atoms with Gasteiger partial charge >= 0.3 is 0 Å². The van der Waals surface area contributed by atoms with Gasteiger partial charge in [-0.1, -0.05) is 60.1 Å². The summed E-state index contributed by atoms with van der Waals surface area (Å²) in [5, 5.41) is 8.06. The van der Waals surface area contributed by atoms with Gasteiger partial charge in [0.1, 0.15) is 0 Å². The molecular weight excluding hydrogens is 542 g/mol. The number of anilines is 1. The Morgan fingerprint density at radius 1 is 0.952 bits per heavy atom. The van der Waals surface area contributed by atoms with Crippen molar-refractivity contribution in [2.45, 2.75) is 56.8 Å². The number of hydrogen-bond acceptors (Lipinski definition) is 5. The van der Waals surface area contributed by atoms with E-state index < -0.39 is 0 Å². The zero-order valence-corrected chi connectivity index (χ0v) is 25.7. The number of rotatable bonds is 8. The van der Waals surface area contributed by atoms with Crippen LogP contribution in [0, 0.1) is 0 Å².